The summed E-state index contributed by atoms with van der Waals surface area (Å²) in [7, 11) is -3.72. The maximum Gasteiger partial charge on any atom is 0.400 e. The van der Waals surface area contributed by atoms with Gasteiger partial charge in [0.2, 0.25) is 5.82 Å². The summed E-state index contributed by atoms with van der Waals surface area (Å²) in [5, 5.41) is 2.01. The van der Waals surface area contributed by atoms with E-state index in [0.717, 1.165) is 6.07 Å². The first kappa shape index (κ1) is 22.3. The Hall–Kier alpha value is -2.42. The van der Waals surface area contributed by atoms with Gasteiger partial charge >= 0.3 is 11.3 Å². The lowest BCUT2D eigenvalue weighted by Crippen LogP contribution is -2.06. The van der Waals surface area contributed by atoms with E-state index in [2.05, 4.69) is 19.8 Å². The maximum atomic E-state index is 14.6. The molecule has 2 aromatic carbocycles. The first-order chi connectivity index (χ1) is 14.1. The number of benzene rings is 2. The summed E-state index contributed by atoms with van der Waals surface area (Å²) in [4.78, 5) is 3.43. The van der Waals surface area contributed by atoms with Gasteiger partial charge in [-0.15, -0.1) is 0 Å². The van der Waals surface area contributed by atoms with Gasteiger partial charge in [-0.05, 0) is 42.3 Å². The number of para-hydroxylation sites is 1. The number of alkyl halides is 3. The Labute approximate surface area is 173 Å². The van der Waals surface area contributed by atoms with Gasteiger partial charge in [0.1, 0.15) is 11.6 Å². The third-order valence-corrected chi connectivity index (χ3v) is 6.04. The highest BCUT2D eigenvalue weighted by atomic mass is 35.5. The molecule has 0 radical (unpaired) electrons. The van der Waals surface area contributed by atoms with E-state index in [1.807, 2.05) is 0 Å². The maximum absolute atomic E-state index is 14.6. The summed E-state index contributed by atoms with van der Waals surface area (Å²) in [5.41, 5.74) is -0.0149. The Morgan fingerprint density at radius 1 is 1.20 bits per heavy atom. The average Bonchev–Trinajstić information content (AvgIpc) is 3.16. The Morgan fingerprint density at radius 3 is 2.53 bits per heavy atom. The third kappa shape index (κ3) is 5.19. The lowest BCUT2D eigenvalue weighted by Gasteiger charge is -2.20. The van der Waals surface area contributed by atoms with Crippen LogP contribution in [0.25, 0.3) is 11.4 Å². The zero-order valence-corrected chi connectivity index (χ0v) is 17.1. The number of hydrogen-bond acceptors (Lipinski definition) is 5. The molecule has 160 valence electrons. The molecule has 6 nitrogen and oxygen atoms in total. The molecule has 3 rings (SSSR count). The van der Waals surface area contributed by atoms with E-state index in [1.165, 1.54) is 30.3 Å². The van der Waals surface area contributed by atoms with Gasteiger partial charge in [-0.1, -0.05) is 29.4 Å². The fourth-order valence-electron chi connectivity index (χ4n) is 2.56. The van der Waals surface area contributed by atoms with Crippen molar-refractivity contribution >= 4 is 24.8 Å². The van der Waals surface area contributed by atoms with Crippen LogP contribution < -0.4 is 5.09 Å². The first-order valence-electron chi connectivity index (χ1n) is 8.57. The molecule has 0 aliphatic carbocycles. The van der Waals surface area contributed by atoms with E-state index in [4.69, 9.17) is 16.1 Å². The molecule has 12 heteroatoms. The van der Waals surface area contributed by atoms with E-state index in [0.29, 0.717) is 0 Å². The fourth-order valence-corrected chi connectivity index (χ4v) is 4.54. The van der Waals surface area contributed by atoms with E-state index >= 15 is 0 Å². The van der Waals surface area contributed by atoms with Crippen molar-refractivity contribution in [2.24, 2.45) is 0 Å². The second-order valence-corrected chi connectivity index (χ2v) is 8.69. The van der Waals surface area contributed by atoms with Gasteiger partial charge in [-0.2, -0.15) is 13.8 Å². The molecule has 1 N–H and O–H groups in total. The standard InChI is InChI=1S/C18H15ClF4N3O3P/c1-2-28-30(27,26-15-6-4-3-5-13(15)20)10-12-8-7-11(9-14(12)21)16-24-17(29-25-16)18(19,22)23/h3-9H,2,10H2,1H3,(H,26,27). The Bertz CT molecular complexity index is 1090. The van der Waals surface area contributed by atoms with Crippen molar-refractivity contribution in [1.82, 2.24) is 10.1 Å². The van der Waals surface area contributed by atoms with Crippen molar-refractivity contribution in [1.29, 1.82) is 0 Å². The van der Waals surface area contributed by atoms with Crippen LogP contribution in [-0.2, 0) is 20.6 Å². The van der Waals surface area contributed by atoms with Crippen LogP contribution in [-0.4, -0.2) is 16.7 Å². The molecule has 0 saturated carbocycles. The summed E-state index contributed by atoms with van der Waals surface area (Å²) in [6.07, 6.45) is -0.390. The second-order valence-electron chi connectivity index (χ2n) is 6.07. The summed E-state index contributed by atoms with van der Waals surface area (Å²) in [5.74, 6) is -2.88. The monoisotopic (exact) mass is 463 g/mol. The molecule has 0 aliphatic rings. The highest BCUT2D eigenvalue weighted by Gasteiger charge is 2.36. The summed E-state index contributed by atoms with van der Waals surface area (Å²) >= 11 is 4.81. The first-order valence-corrected chi connectivity index (χ1v) is 10.8. The van der Waals surface area contributed by atoms with Gasteiger partial charge in [-0.25, -0.2) is 8.78 Å². The molecule has 0 fully saturated rings. The second kappa shape index (κ2) is 8.75. The van der Waals surface area contributed by atoms with Crippen molar-refractivity contribution in [3.63, 3.8) is 0 Å². The number of halogens is 5. The zero-order valence-electron chi connectivity index (χ0n) is 15.4. The van der Waals surface area contributed by atoms with Crippen molar-refractivity contribution in [2.45, 2.75) is 18.5 Å². The lowest BCUT2D eigenvalue weighted by molar-refractivity contribution is 0.0551. The summed E-state index contributed by atoms with van der Waals surface area (Å²) in [6, 6.07) is 9.13. The molecule has 0 aliphatic heterocycles. The van der Waals surface area contributed by atoms with Crippen LogP contribution in [0.2, 0.25) is 0 Å². The fraction of sp³-hybridized carbons (Fsp3) is 0.222. The molecule has 1 atom stereocenters. The van der Waals surface area contributed by atoms with Gasteiger partial charge < -0.3 is 14.1 Å². The Morgan fingerprint density at radius 2 is 1.93 bits per heavy atom. The number of nitrogens with zero attached hydrogens (tertiary/aromatic N) is 2. The summed E-state index contributed by atoms with van der Waals surface area (Å²) < 4.78 is 77.3. The van der Waals surface area contributed by atoms with Crippen LogP contribution in [0.5, 0.6) is 0 Å². The number of anilines is 1. The van der Waals surface area contributed by atoms with Crippen molar-refractivity contribution in [3.05, 3.63) is 65.6 Å². The van der Waals surface area contributed by atoms with Gasteiger partial charge in [0.15, 0.2) is 0 Å². The van der Waals surface area contributed by atoms with E-state index in [9.17, 15) is 22.1 Å². The highest BCUT2D eigenvalue weighted by Crippen LogP contribution is 2.50. The van der Waals surface area contributed by atoms with E-state index in [1.54, 1.807) is 13.0 Å². The zero-order chi connectivity index (χ0) is 21.9. The SMILES string of the molecule is CCOP(=O)(Cc1ccc(-c2noc(C(F)(F)Cl)n2)cc1F)Nc1ccccc1F. The smallest absolute Gasteiger partial charge is 0.331 e. The molecule has 0 bridgehead atoms. The number of nitrogens with one attached hydrogen (secondary N) is 1. The molecule has 1 unspecified atom stereocenters. The third-order valence-electron chi connectivity index (χ3n) is 3.86. The molecule has 0 saturated heterocycles. The molecular weight excluding hydrogens is 449 g/mol. The largest absolute Gasteiger partial charge is 0.400 e. The van der Waals surface area contributed by atoms with Crippen LogP contribution in [0, 0.1) is 11.6 Å². The predicted octanol–water partition coefficient (Wildman–Crippen LogP) is 6.14. The van der Waals surface area contributed by atoms with E-state index < -0.39 is 36.6 Å². The number of hydrogen-bond donors (Lipinski definition) is 1. The van der Waals surface area contributed by atoms with Gasteiger partial charge in [0, 0.05) is 5.56 Å². The van der Waals surface area contributed by atoms with Crippen molar-refractivity contribution < 1.29 is 31.2 Å². The van der Waals surface area contributed by atoms with Crippen LogP contribution in [0.15, 0.2) is 47.0 Å². The molecule has 3 aromatic rings. The molecule has 30 heavy (non-hydrogen) atoms. The Balaban J connectivity index is 1.85. The average molecular weight is 464 g/mol. The minimum Gasteiger partial charge on any atom is -0.331 e. The van der Waals surface area contributed by atoms with Crippen molar-refractivity contribution in [3.8, 4) is 11.4 Å². The van der Waals surface area contributed by atoms with Crippen LogP contribution in [0.4, 0.5) is 23.2 Å². The normalized spacial score (nSPS) is 13.8. The van der Waals surface area contributed by atoms with Gasteiger partial charge in [0.05, 0.1) is 18.5 Å². The molecular formula is C18H15ClF4N3O3P. The van der Waals surface area contributed by atoms with Crippen molar-refractivity contribution in [2.75, 3.05) is 11.7 Å². The lowest BCUT2D eigenvalue weighted by atomic mass is 10.1. The van der Waals surface area contributed by atoms with Gasteiger partial charge in [-0.3, -0.25) is 4.57 Å². The predicted molar refractivity (Wildman–Crippen MR) is 102 cm³/mol. The molecule has 0 spiro atoms. The number of aromatic nitrogens is 2. The summed E-state index contributed by atoms with van der Waals surface area (Å²) in [6.45, 7) is 1.63. The van der Waals surface area contributed by atoms with Crippen LogP contribution in [0.3, 0.4) is 0 Å². The van der Waals surface area contributed by atoms with E-state index in [-0.39, 0.29) is 29.2 Å². The quantitative estimate of drug-likeness (QED) is 0.245. The Kier molecular flexibility index (Phi) is 6.50. The molecule has 1 heterocycles. The van der Waals surface area contributed by atoms with Crippen LogP contribution in [0.1, 0.15) is 18.4 Å². The minimum absolute atomic E-state index is 0.00855. The number of rotatable bonds is 8. The topological polar surface area (TPSA) is 77.2 Å². The highest BCUT2D eigenvalue weighted by molar-refractivity contribution is 7.59. The molecule has 0 amide bonds. The molecule has 1 aromatic heterocycles. The van der Waals surface area contributed by atoms with Gasteiger partial charge in [0.25, 0.3) is 7.52 Å². The minimum atomic E-state index is -3.85. The van der Waals surface area contributed by atoms with Crippen LogP contribution >= 0.6 is 19.1 Å².